The van der Waals surface area contributed by atoms with E-state index in [2.05, 4.69) is 6.58 Å². The average molecular weight is 210 g/mol. The maximum Gasteiger partial charge on any atom is 0.337 e. The van der Waals surface area contributed by atoms with E-state index in [0.29, 0.717) is 0 Å². The lowest BCUT2D eigenvalue weighted by atomic mass is 10.3. The lowest BCUT2D eigenvalue weighted by molar-refractivity contribution is -0.138. The van der Waals surface area contributed by atoms with Gasteiger partial charge >= 0.3 is 11.9 Å². The fraction of sp³-hybridized carbons (Fsp3) is 0.273. The lowest BCUT2D eigenvalue weighted by Gasteiger charge is -2.01. The van der Waals surface area contributed by atoms with Gasteiger partial charge in [0, 0.05) is 5.57 Å². The van der Waals surface area contributed by atoms with E-state index in [4.69, 9.17) is 9.84 Å². The molecular weight excluding hydrogens is 196 g/mol. The molecule has 1 N–H and O–H groups in total. The molecule has 4 nitrogen and oxygen atoms in total. The molecule has 0 aromatic rings. The normalized spacial score (nSPS) is 11.5. The zero-order valence-corrected chi connectivity index (χ0v) is 8.82. The number of ether oxygens (including phenoxy) is 1. The molecule has 0 radical (unpaired) electrons. The molecule has 0 amide bonds. The van der Waals surface area contributed by atoms with Crippen molar-refractivity contribution >= 4 is 11.9 Å². The summed E-state index contributed by atoms with van der Waals surface area (Å²) in [6.45, 7) is 6.60. The Labute approximate surface area is 88.6 Å². The van der Waals surface area contributed by atoms with E-state index < -0.39 is 11.9 Å². The number of allylic oxidation sites excluding steroid dienone is 1. The summed E-state index contributed by atoms with van der Waals surface area (Å²) < 4.78 is 4.75. The quantitative estimate of drug-likeness (QED) is 0.426. The number of rotatable bonds is 5. The van der Waals surface area contributed by atoms with Gasteiger partial charge in [0.2, 0.25) is 0 Å². The fourth-order valence-electron chi connectivity index (χ4n) is 0.692. The Morgan fingerprint density at radius 3 is 2.53 bits per heavy atom. The molecule has 0 saturated carbocycles. The fourth-order valence-corrected chi connectivity index (χ4v) is 0.692. The maximum atomic E-state index is 11.1. The van der Waals surface area contributed by atoms with Gasteiger partial charge in [-0.15, -0.1) is 0 Å². The van der Waals surface area contributed by atoms with E-state index >= 15 is 0 Å². The van der Waals surface area contributed by atoms with Crippen molar-refractivity contribution in [2.75, 3.05) is 6.61 Å². The van der Waals surface area contributed by atoms with E-state index in [0.717, 1.165) is 0 Å². The molecule has 0 aliphatic carbocycles. The third-order valence-corrected chi connectivity index (χ3v) is 1.57. The number of carboxylic acid groups (broad SMARTS) is 1. The number of carbonyl (C=O) groups excluding carboxylic acids is 1. The van der Waals surface area contributed by atoms with Crippen molar-refractivity contribution in [1.29, 1.82) is 0 Å². The van der Waals surface area contributed by atoms with Gasteiger partial charge in [0.05, 0.1) is 5.57 Å². The molecule has 0 spiro atoms. The van der Waals surface area contributed by atoms with Crippen LogP contribution in [-0.4, -0.2) is 23.7 Å². The molecule has 4 heteroatoms. The highest BCUT2D eigenvalue weighted by Gasteiger charge is 2.04. The van der Waals surface area contributed by atoms with Gasteiger partial charge in [-0.25, -0.2) is 9.59 Å². The second kappa shape index (κ2) is 6.59. The van der Waals surface area contributed by atoms with Gasteiger partial charge in [-0.05, 0) is 19.9 Å². The molecule has 0 bridgehead atoms. The summed E-state index contributed by atoms with van der Waals surface area (Å²) in [6, 6.07) is 0. The molecule has 0 aliphatic rings. The van der Waals surface area contributed by atoms with Gasteiger partial charge in [0.1, 0.15) is 6.61 Å². The Morgan fingerprint density at radius 2 is 2.07 bits per heavy atom. The van der Waals surface area contributed by atoms with Crippen LogP contribution in [0.2, 0.25) is 0 Å². The van der Waals surface area contributed by atoms with Crippen molar-refractivity contribution in [3.8, 4) is 0 Å². The molecular formula is C11H14O4. The molecule has 0 unspecified atom stereocenters. The van der Waals surface area contributed by atoms with E-state index in [-0.39, 0.29) is 17.8 Å². The Kier molecular flexibility index (Phi) is 5.78. The number of carbonyl (C=O) groups is 2. The first kappa shape index (κ1) is 13.2. The lowest BCUT2D eigenvalue weighted by Crippen LogP contribution is -2.07. The molecule has 82 valence electrons. The van der Waals surface area contributed by atoms with E-state index in [1.807, 2.05) is 0 Å². The summed E-state index contributed by atoms with van der Waals surface area (Å²) in [5.41, 5.74) is 0.373. The van der Waals surface area contributed by atoms with Gasteiger partial charge in [-0.3, -0.25) is 0 Å². The maximum absolute atomic E-state index is 11.1. The number of carboxylic acids is 1. The van der Waals surface area contributed by atoms with Crippen molar-refractivity contribution < 1.29 is 19.4 Å². The summed E-state index contributed by atoms with van der Waals surface area (Å²) in [5, 5.41) is 8.50. The second-order valence-electron chi connectivity index (χ2n) is 2.82. The van der Waals surface area contributed by atoms with Crippen molar-refractivity contribution in [3.05, 3.63) is 36.0 Å². The number of aliphatic carboxylic acids is 1. The van der Waals surface area contributed by atoms with Crippen LogP contribution >= 0.6 is 0 Å². The topological polar surface area (TPSA) is 63.6 Å². The largest absolute Gasteiger partial charge is 0.478 e. The van der Waals surface area contributed by atoms with Crippen LogP contribution < -0.4 is 0 Å². The first-order valence-corrected chi connectivity index (χ1v) is 4.37. The van der Waals surface area contributed by atoms with Gasteiger partial charge < -0.3 is 9.84 Å². The zero-order valence-electron chi connectivity index (χ0n) is 8.82. The predicted octanol–water partition coefficient (Wildman–Crippen LogP) is 1.69. The van der Waals surface area contributed by atoms with Crippen LogP contribution in [0.25, 0.3) is 0 Å². The van der Waals surface area contributed by atoms with Crippen LogP contribution in [0, 0.1) is 0 Å². The third kappa shape index (κ3) is 5.46. The van der Waals surface area contributed by atoms with Gasteiger partial charge in [0.15, 0.2) is 0 Å². The molecule has 0 heterocycles. The SMILES string of the molecule is C=C(C=CC)C(=O)OCC=C(C)C(=O)O. The van der Waals surface area contributed by atoms with Crippen LogP contribution in [-0.2, 0) is 14.3 Å². The second-order valence-corrected chi connectivity index (χ2v) is 2.82. The van der Waals surface area contributed by atoms with E-state index in [1.54, 1.807) is 13.0 Å². The minimum absolute atomic E-state index is 0.0620. The Hall–Kier alpha value is -1.84. The monoisotopic (exact) mass is 210 g/mol. The van der Waals surface area contributed by atoms with Crippen molar-refractivity contribution in [2.45, 2.75) is 13.8 Å². The smallest absolute Gasteiger partial charge is 0.337 e. The predicted molar refractivity (Wildman–Crippen MR) is 56.3 cm³/mol. The van der Waals surface area contributed by atoms with Crippen LogP contribution in [0.1, 0.15) is 13.8 Å². The number of esters is 1. The Morgan fingerprint density at radius 1 is 1.47 bits per heavy atom. The summed E-state index contributed by atoms with van der Waals surface area (Å²) in [7, 11) is 0. The Bertz CT molecular complexity index is 323. The molecule has 0 atom stereocenters. The summed E-state index contributed by atoms with van der Waals surface area (Å²) >= 11 is 0. The molecule has 0 saturated heterocycles. The third-order valence-electron chi connectivity index (χ3n) is 1.57. The Balaban J connectivity index is 4.08. The highest BCUT2D eigenvalue weighted by molar-refractivity contribution is 5.91. The van der Waals surface area contributed by atoms with Gasteiger partial charge in [0.25, 0.3) is 0 Å². The minimum Gasteiger partial charge on any atom is -0.478 e. The highest BCUT2D eigenvalue weighted by atomic mass is 16.5. The van der Waals surface area contributed by atoms with Crippen molar-refractivity contribution in [3.63, 3.8) is 0 Å². The van der Waals surface area contributed by atoms with Crippen LogP contribution in [0.15, 0.2) is 36.0 Å². The zero-order chi connectivity index (χ0) is 11.8. The first-order chi connectivity index (χ1) is 6.99. The minimum atomic E-state index is -1.03. The molecule has 0 aliphatic heterocycles. The van der Waals surface area contributed by atoms with Gasteiger partial charge in [-0.2, -0.15) is 0 Å². The van der Waals surface area contributed by atoms with Crippen LogP contribution in [0.5, 0.6) is 0 Å². The van der Waals surface area contributed by atoms with Gasteiger partial charge in [-0.1, -0.05) is 18.7 Å². The molecule has 0 fully saturated rings. The van der Waals surface area contributed by atoms with Crippen molar-refractivity contribution in [1.82, 2.24) is 0 Å². The summed E-state index contributed by atoms with van der Waals surface area (Å²) in [4.78, 5) is 21.5. The van der Waals surface area contributed by atoms with Crippen molar-refractivity contribution in [2.24, 2.45) is 0 Å². The van der Waals surface area contributed by atoms with Crippen LogP contribution in [0.4, 0.5) is 0 Å². The molecule has 0 aromatic carbocycles. The molecule has 15 heavy (non-hydrogen) atoms. The standard InChI is InChI=1S/C11H14O4/c1-4-5-9(3)11(14)15-7-6-8(2)10(12)13/h4-6H,3,7H2,1-2H3,(H,12,13). The molecule has 0 rings (SSSR count). The average Bonchev–Trinajstić information content (AvgIpc) is 2.17. The molecule has 0 aromatic heterocycles. The number of hydrogen-bond donors (Lipinski definition) is 1. The number of hydrogen-bond acceptors (Lipinski definition) is 3. The van der Waals surface area contributed by atoms with Crippen LogP contribution in [0.3, 0.4) is 0 Å². The summed E-state index contributed by atoms with van der Waals surface area (Å²) in [5.74, 6) is -1.58. The first-order valence-electron chi connectivity index (χ1n) is 4.37. The van der Waals surface area contributed by atoms with E-state index in [9.17, 15) is 9.59 Å². The van der Waals surface area contributed by atoms with E-state index in [1.165, 1.54) is 19.1 Å². The highest BCUT2D eigenvalue weighted by Crippen LogP contribution is 1.98. The summed E-state index contributed by atoms with van der Waals surface area (Å²) in [6.07, 6.45) is 4.52.